The average molecular weight is 543 g/mol. The van der Waals surface area contributed by atoms with E-state index < -0.39 is 53.6 Å². The first-order valence-electron chi connectivity index (χ1n) is 12.7. The van der Waals surface area contributed by atoms with E-state index in [9.17, 15) is 19.8 Å². The molecular formula is C26H46O8Si2. The monoisotopic (exact) mass is 542 g/mol. The fraction of sp³-hybridized carbons (Fsp3) is 0.769. The van der Waals surface area contributed by atoms with Gasteiger partial charge in [0.1, 0.15) is 12.2 Å². The number of aliphatic hydroxyl groups excluding tert-OH is 2. The third-order valence-corrected chi connectivity index (χ3v) is 16.9. The maximum absolute atomic E-state index is 12.7. The third kappa shape index (κ3) is 8.00. The lowest BCUT2D eigenvalue weighted by Gasteiger charge is -2.46. The van der Waals surface area contributed by atoms with Crippen LogP contribution < -0.4 is 0 Å². The number of hydrogen-bond acceptors (Lipinski definition) is 8. The Kier molecular flexibility index (Phi) is 9.89. The van der Waals surface area contributed by atoms with Crippen molar-refractivity contribution in [1.29, 1.82) is 0 Å². The summed E-state index contributed by atoms with van der Waals surface area (Å²) in [5.74, 6) is -0.503. The molecule has 0 aromatic heterocycles. The minimum atomic E-state index is -2.37. The molecule has 0 aromatic rings. The molecule has 8 nitrogen and oxygen atoms in total. The van der Waals surface area contributed by atoms with Crippen LogP contribution >= 0.6 is 0 Å². The summed E-state index contributed by atoms with van der Waals surface area (Å²) >= 11 is 0. The second-order valence-corrected chi connectivity index (χ2v) is 22.4. The fourth-order valence-electron chi connectivity index (χ4n) is 3.56. The number of ketones is 2. The number of aliphatic hydroxyl groups is 2. The zero-order valence-electron chi connectivity index (χ0n) is 23.5. The van der Waals surface area contributed by atoms with Gasteiger partial charge in [-0.05, 0) is 60.6 Å². The Hall–Kier alpha value is -0.986. The first-order chi connectivity index (χ1) is 16.2. The van der Waals surface area contributed by atoms with Crippen molar-refractivity contribution in [3.05, 3.63) is 24.3 Å². The summed E-state index contributed by atoms with van der Waals surface area (Å²) in [6.07, 6.45) is 0.243. The lowest BCUT2D eigenvalue weighted by molar-refractivity contribution is -0.160. The van der Waals surface area contributed by atoms with Gasteiger partial charge in [0.25, 0.3) is 0 Å². The zero-order valence-corrected chi connectivity index (χ0v) is 25.5. The summed E-state index contributed by atoms with van der Waals surface area (Å²) in [6, 6.07) is 0. The normalized spacial score (nSPS) is 27.9. The van der Waals surface area contributed by atoms with Crippen LogP contribution in [0.25, 0.3) is 0 Å². The lowest BCUT2D eigenvalue weighted by atomic mass is 9.96. The van der Waals surface area contributed by atoms with E-state index in [2.05, 4.69) is 67.7 Å². The summed E-state index contributed by atoms with van der Waals surface area (Å²) in [4.78, 5) is 25.3. The van der Waals surface area contributed by atoms with Crippen LogP contribution in [0.3, 0.4) is 0 Å². The molecule has 0 fully saturated rings. The molecule has 2 rings (SSSR count). The molecular weight excluding hydrogens is 496 g/mol. The summed E-state index contributed by atoms with van der Waals surface area (Å²) in [5.41, 5.74) is 0. The van der Waals surface area contributed by atoms with Crippen molar-refractivity contribution in [2.75, 3.05) is 0 Å². The summed E-state index contributed by atoms with van der Waals surface area (Å²) in [7, 11) is -4.75. The Labute approximate surface area is 218 Å². The highest BCUT2D eigenvalue weighted by atomic mass is 28.4. The van der Waals surface area contributed by atoms with Crippen LogP contribution in [-0.2, 0) is 27.9 Å². The SMILES string of the molecule is CC(C)(C)[Si](C)(C)O[C@H](C[C@H]1O[C@H](O)C=CC1=O)[C@@H](C[C@H]1O[C@H](O)C=CC1=O)O[Si](C)(C)C(C)(C)C. The van der Waals surface area contributed by atoms with Crippen LogP contribution in [0, 0.1) is 0 Å². The van der Waals surface area contributed by atoms with Crippen molar-refractivity contribution in [3.8, 4) is 0 Å². The zero-order chi connectivity index (χ0) is 27.7. The van der Waals surface area contributed by atoms with Gasteiger partial charge in [0.05, 0.1) is 12.2 Å². The maximum atomic E-state index is 12.7. The van der Waals surface area contributed by atoms with E-state index >= 15 is 0 Å². The molecule has 0 amide bonds. The Morgan fingerprint density at radius 1 is 0.750 bits per heavy atom. The van der Waals surface area contributed by atoms with Gasteiger partial charge in [-0.25, -0.2) is 0 Å². The van der Waals surface area contributed by atoms with E-state index in [0.717, 1.165) is 0 Å². The number of carbonyl (C=O) groups is 2. The Morgan fingerprint density at radius 2 is 1.06 bits per heavy atom. The van der Waals surface area contributed by atoms with E-state index in [4.69, 9.17) is 18.3 Å². The topological polar surface area (TPSA) is 112 Å². The van der Waals surface area contributed by atoms with Crippen molar-refractivity contribution < 1.29 is 38.1 Å². The van der Waals surface area contributed by atoms with Crippen molar-refractivity contribution in [2.24, 2.45) is 0 Å². The van der Waals surface area contributed by atoms with Crippen LogP contribution in [0.1, 0.15) is 54.4 Å². The second kappa shape index (κ2) is 11.4. The minimum Gasteiger partial charge on any atom is -0.411 e. The Bertz CT molecular complexity index is 783. The van der Waals surface area contributed by atoms with E-state index in [-0.39, 0.29) is 34.5 Å². The molecule has 10 heteroatoms. The summed E-state index contributed by atoms with van der Waals surface area (Å²) < 4.78 is 24.9. The van der Waals surface area contributed by atoms with Gasteiger partial charge in [0, 0.05) is 12.8 Å². The second-order valence-electron chi connectivity index (χ2n) is 12.9. The molecule has 0 aliphatic carbocycles. The summed E-state index contributed by atoms with van der Waals surface area (Å²) in [5, 5.41) is 19.8. The first kappa shape index (κ1) is 31.2. The van der Waals surface area contributed by atoms with Gasteiger partial charge in [-0.3, -0.25) is 9.59 Å². The van der Waals surface area contributed by atoms with Crippen molar-refractivity contribution >= 4 is 28.2 Å². The fourth-order valence-corrected chi connectivity index (χ4v) is 6.27. The molecule has 0 spiro atoms. The molecule has 0 saturated carbocycles. The predicted molar refractivity (Wildman–Crippen MR) is 143 cm³/mol. The Morgan fingerprint density at radius 3 is 1.33 bits per heavy atom. The average Bonchev–Trinajstić information content (AvgIpc) is 2.70. The number of ether oxygens (including phenoxy) is 2. The molecule has 2 heterocycles. The van der Waals surface area contributed by atoms with Gasteiger partial charge < -0.3 is 28.5 Å². The highest BCUT2D eigenvalue weighted by Gasteiger charge is 2.47. The Balaban J connectivity index is 2.50. The van der Waals surface area contributed by atoms with E-state index in [1.165, 1.54) is 24.3 Å². The van der Waals surface area contributed by atoms with Gasteiger partial charge >= 0.3 is 0 Å². The van der Waals surface area contributed by atoms with Crippen LogP contribution in [0.5, 0.6) is 0 Å². The standard InChI is InChI=1S/C26H46O8Si2/c1-25(2,3)35(7,8)33-21(15-19-17(27)11-13-23(29)31-19)22(34-36(9,10)26(4,5)6)16-20-18(28)12-14-24(30)32-20/h11-14,19-24,29-30H,15-16H2,1-10H3/t19-,20-,21-,22-,23+,24+/m1/s1. The van der Waals surface area contributed by atoms with Crippen molar-refractivity contribution in [1.82, 2.24) is 0 Å². The van der Waals surface area contributed by atoms with Crippen molar-refractivity contribution in [2.45, 2.75) is 128 Å². The van der Waals surface area contributed by atoms with E-state index in [1.54, 1.807) is 0 Å². The minimum absolute atomic E-state index is 0.125. The maximum Gasteiger partial charge on any atom is 0.192 e. The number of rotatable bonds is 9. The largest absolute Gasteiger partial charge is 0.411 e. The predicted octanol–water partition coefficient (Wildman–Crippen LogP) is 4.23. The molecule has 0 unspecified atom stereocenters. The molecule has 0 saturated heterocycles. The van der Waals surface area contributed by atoms with Gasteiger partial charge in [0.15, 0.2) is 40.8 Å². The third-order valence-electron chi connectivity index (χ3n) is 7.90. The van der Waals surface area contributed by atoms with Crippen LogP contribution in [0.15, 0.2) is 24.3 Å². The van der Waals surface area contributed by atoms with Crippen molar-refractivity contribution in [3.63, 3.8) is 0 Å². The molecule has 6 atom stereocenters. The quantitative estimate of drug-likeness (QED) is 0.416. The van der Waals surface area contributed by atoms with Gasteiger partial charge in [-0.15, -0.1) is 0 Å². The molecule has 0 aromatic carbocycles. The van der Waals surface area contributed by atoms with Crippen LogP contribution in [-0.4, -0.2) is 75.4 Å². The summed E-state index contributed by atoms with van der Waals surface area (Å²) in [6.45, 7) is 21.3. The van der Waals surface area contributed by atoms with Gasteiger partial charge in [-0.1, -0.05) is 41.5 Å². The highest BCUT2D eigenvalue weighted by molar-refractivity contribution is 6.74. The highest BCUT2D eigenvalue weighted by Crippen LogP contribution is 2.42. The van der Waals surface area contributed by atoms with Crippen LogP contribution in [0.2, 0.25) is 36.3 Å². The molecule has 2 N–H and O–H groups in total. The molecule has 36 heavy (non-hydrogen) atoms. The first-order valence-corrected chi connectivity index (χ1v) is 18.5. The van der Waals surface area contributed by atoms with Gasteiger partial charge in [-0.2, -0.15) is 0 Å². The lowest BCUT2D eigenvalue weighted by Crippen LogP contribution is -2.54. The van der Waals surface area contributed by atoms with Gasteiger partial charge in [0.2, 0.25) is 0 Å². The molecule has 2 aliphatic heterocycles. The van der Waals surface area contributed by atoms with E-state index in [0.29, 0.717) is 0 Å². The molecule has 0 radical (unpaired) electrons. The number of carbonyl (C=O) groups excluding carboxylic acids is 2. The molecule has 2 aliphatic rings. The van der Waals surface area contributed by atoms with Crippen LogP contribution in [0.4, 0.5) is 0 Å². The van der Waals surface area contributed by atoms with E-state index in [1.807, 2.05) is 0 Å². The molecule has 0 bridgehead atoms. The number of hydrogen-bond donors (Lipinski definition) is 2. The molecule has 206 valence electrons. The smallest absolute Gasteiger partial charge is 0.192 e.